The standard InChI is InChI=1S/C32H31Cl2F3N4O.C18H22ClN3.C13H10ClF3N2OS.CH4I/c1-40-28-18-27(41-13-9-22(10-14-41)21-5-3-2-4-6-21)25(34)17-26(28)39-29(40)16-23-15-20(7-8-24(23)33)19-38-30(42)31(11-12-31)32(35,36)37;1-21-17-12-18(15(19)11-16(17)20)22-9-7-14(8-10-22)13-5-3-2-4-6-13;14-9-2-1-8(5-10(9)21-7-18)6-19-11(20)12(3-4-12)13(15,16)17;1-2/h2-8,15,17-18,22H,9-14,16,19H2,1H3,(H,38,42);2-6,11-12,14,21H,7-10,20H2,1H3;1-2,5H,3-4,6H2,(H,19,20);2H,1H3/q;;;-1/i;;;2D. The number of nitrogens with two attached hydrogens (primary N) is 1. The summed E-state index contributed by atoms with van der Waals surface area (Å²) >= 11 is 26.2. The van der Waals surface area contributed by atoms with Crippen LogP contribution in [0.1, 0.15) is 96.8 Å². The molecule has 11 nitrogen and oxygen atoms in total. The Morgan fingerprint density at radius 1 is 0.701 bits per heavy atom. The topological polar surface area (TPSA) is 144 Å². The van der Waals surface area contributed by atoms with Crippen LogP contribution in [0.15, 0.2) is 126 Å². The van der Waals surface area contributed by atoms with Gasteiger partial charge in [0.1, 0.15) is 22.1 Å². The minimum atomic E-state index is -4.54. The number of nitriles is 1. The Morgan fingerprint density at radius 2 is 1.16 bits per heavy atom. The van der Waals surface area contributed by atoms with Crippen LogP contribution < -0.4 is 53.9 Å². The van der Waals surface area contributed by atoms with E-state index in [1.54, 1.807) is 30.3 Å². The Hall–Kier alpha value is -5.76. The second kappa shape index (κ2) is 29.3. The van der Waals surface area contributed by atoms with Crippen molar-refractivity contribution in [2.45, 2.75) is 100.0 Å². The summed E-state index contributed by atoms with van der Waals surface area (Å²) < 4.78 is 86.5. The molecule has 2 amide bonds. The quantitative estimate of drug-likeness (QED) is 0.0209. The zero-order valence-electron chi connectivity index (χ0n) is 49.0. The molecule has 23 heteroatoms. The van der Waals surface area contributed by atoms with E-state index in [1.165, 1.54) is 11.1 Å². The van der Waals surface area contributed by atoms with Crippen LogP contribution in [0.25, 0.3) is 11.0 Å². The summed E-state index contributed by atoms with van der Waals surface area (Å²) in [5.41, 5.74) is 11.8. The van der Waals surface area contributed by atoms with Gasteiger partial charge >= 0.3 is 40.3 Å². The van der Waals surface area contributed by atoms with Crippen LogP contribution in [-0.4, -0.2) is 72.5 Å². The molecule has 5 N–H and O–H groups in total. The third kappa shape index (κ3) is 16.0. The number of amides is 2. The molecule has 0 unspecified atom stereocenters. The number of benzene rings is 6. The van der Waals surface area contributed by atoms with Crippen LogP contribution in [-0.2, 0) is 36.1 Å². The van der Waals surface area contributed by atoms with Crippen molar-refractivity contribution in [1.82, 2.24) is 20.2 Å². The number of piperidine rings is 2. The number of alkyl halides is 7. The van der Waals surface area contributed by atoms with Crippen molar-refractivity contribution in [2.75, 3.05) is 59.0 Å². The van der Waals surface area contributed by atoms with Crippen LogP contribution in [0.5, 0.6) is 0 Å². The van der Waals surface area contributed by atoms with E-state index in [0.29, 0.717) is 55.0 Å². The Morgan fingerprint density at radius 3 is 1.62 bits per heavy atom. The maximum atomic E-state index is 13.3. The number of aryl methyl sites for hydroxylation is 1. The van der Waals surface area contributed by atoms with Gasteiger partial charge in [0.05, 0.1) is 48.9 Å². The molecule has 2 saturated carbocycles. The van der Waals surface area contributed by atoms with E-state index in [2.05, 4.69) is 92.5 Å². The van der Waals surface area contributed by atoms with Gasteiger partial charge in [0.2, 0.25) is 11.8 Å². The number of nitrogen functional groups attached to an aromatic ring is 1. The molecule has 0 bridgehead atoms. The van der Waals surface area contributed by atoms with E-state index in [0.717, 1.165) is 108 Å². The fourth-order valence-corrected chi connectivity index (χ4v) is 12.6. The molecule has 3 heterocycles. The van der Waals surface area contributed by atoms with Gasteiger partial charge in [0.25, 0.3) is 0 Å². The first-order chi connectivity index (χ1) is 42.0. The van der Waals surface area contributed by atoms with Crippen LogP contribution >= 0.6 is 58.2 Å². The van der Waals surface area contributed by atoms with E-state index in [9.17, 15) is 35.9 Å². The predicted octanol–water partition coefficient (Wildman–Crippen LogP) is 12.9. The minimum absolute atomic E-state index is 0.0106. The van der Waals surface area contributed by atoms with Gasteiger partial charge in [0.15, 0.2) is 0 Å². The van der Waals surface area contributed by atoms with E-state index < -0.39 is 35.0 Å². The van der Waals surface area contributed by atoms with Gasteiger partial charge in [-0.25, -0.2) is 4.98 Å². The number of fused-ring (bicyclic) bond motifs is 1. The summed E-state index contributed by atoms with van der Waals surface area (Å²) in [6.45, 7) is 3.83. The van der Waals surface area contributed by atoms with Crippen molar-refractivity contribution in [3.63, 3.8) is 0 Å². The third-order valence-corrected chi connectivity index (χ3v) is 18.7. The van der Waals surface area contributed by atoms with Crippen molar-refractivity contribution in [1.29, 1.82) is 5.86 Å². The molecule has 1 aromatic heterocycles. The molecule has 4 fully saturated rings. The molecule has 2 aliphatic heterocycles. The first kappa shape index (κ1) is 65.7. The third-order valence-electron chi connectivity index (χ3n) is 16.6. The van der Waals surface area contributed by atoms with Crippen LogP contribution in [0.2, 0.25) is 20.1 Å². The van der Waals surface area contributed by atoms with Gasteiger partial charge in [0, 0.05) is 69.7 Å². The normalized spacial score (nSPS) is 16.4. The van der Waals surface area contributed by atoms with Gasteiger partial charge in [-0.3, -0.25) is 9.59 Å². The van der Waals surface area contributed by atoms with Crippen molar-refractivity contribution in [3.05, 3.63) is 175 Å². The number of aromatic nitrogens is 2. The molecule has 6 aromatic carbocycles. The van der Waals surface area contributed by atoms with E-state index in [4.69, 9.17) is 63.0 Å². The summed E-state index contributed by atoms with van der Waals surface area (Å²) in [7, 11) is 3.83. The molecule has 7 aromatic rings. The van der Waals surface area contributed by atoms with Crippen LogP contribution in [0.4, 0.5) is 49.1 Å². The predicted molar refractivity (Wildman–Crippen MR) is 336 cm³/mol. The fraction of sp³-hybridized carbons (Fsp3) is 0.375. The number of carbonyl (C=O) groups is 2. The summed E-state index contributed by atoms with van der Waals surface area (Å²) in [5.74, 6) is -0.00770. The monoisotopic (exact) mass is 1410 g/mol. The maximum absolute atomic E-state index is 13.3. The van der Waals surface area contributed by atoms with Crippen molar-refractivity contribution < 1.29 is 58.3 Å². The Labute approximate surface area is 541 Å². The number of hydrogen-bond acceptors (Lipinski definition) is 9. The molecule has 0 spiro atoms. The number of rotatable bonds is 14. The Kier molecular flexibility index (Phi) is 22.1. The number of halogens is 11. The van der Waals surface area contributed by atoms with Crippen LogP contribution in [0, 0.1) is 21.5 Å². The number of anilines is 4. The summed E-state index contributed by atoms with van der Waals surface area (Å²) in [6.07, 6.45) is -4.90. The molecular weight excluding hydrogens is 1340 g/mol. The van der Waals surface area contributed by atoms with Crippen LogP contribution in [0.3, 0.4) is 0 Å². The summed E-state index contributed by atoms with van der Waals surface area (Å²) in [5, 5.41) is 20.7. The molecule has 464 valence electrons. The number of thiocyanates is 1. The average molecular weight is 1410 g/mol. The van der Waals surface area contributed by atoms with Gasteiger partial charge in [-0.1, -0.05) is 125 Å². The molecular formula is C64H67Cl4F6IN9O2S-. The van der Waals surface area contributed by atoms with Crippen molar-refractivity contribution in [2.24, 2.45) is 17.9 Å². The first-order valence-electron chi connectivity index (χ1n) is 28.6. The fourth-order valence-electron chi connectivity index (χ4n) is 11.1. The summed E-state index contributed by atoms with van der Waals surface area (Å²) in [4.78, 5) is 35.9. The number of nitrogens with one attached hydrogen (secondary N) is 3. The molecule has 0 radical (unpaired) electrons. The first-order valence-corrected chi connectivity index (χ1v) is 32.7. The number of thioether (sulfide) groups is 1. The van der Waals surface area contributed by atoms with E-state index in [1.807, 2.05) is 53.3 Å². The number of carbonyl (C=O) groups excluding carboxylic acids is 2. The van der Waals surface area contributed by atoms with Gasteiger partial charge < -0.3 is 36.1 Å². The summed E-state index contributed by atoms with van der Waals surface area (Å²) in [6, 6.07) is 39.2. The van der Waals surface area contributed by atoms with Gasteiger partial charge in [-0.05, 0) is 145 Å². The molecule has 2 saturated heterocycles. The Bertz CT molecular complexity index is 3600. The van der Waals surface area contributed by atoms with Crippen molar-refractivity contribution in [3.8, 4) is 5.40 Å². The molecule has 4 aliphatic rings. The zero-order valence-corrected chi connectivity index (χ0v) is 54.0. The average Bonchev–Trinajstić information content (AvgIpc) is 1.71. The number of nitrogens with zero attached hydrogens (tertiary/aromatic N) is 5. The Balaban J connectivity index is 0.000000183. The second-order valence-electron chi connectivity index (χ2n) is 22.0. The molecule has 0 atom stereocenters. The van der Waals surface area contributed by atoms with E-state index >= 15 is 0 Å². The SMILES string of the molecule is CNc1cc(N2CCC(c3ccccc3)CC2)c(Cl)cc1N.Cn1c(Cc2cc(CNC(=O)C3(C(F)(F)F)CC3)ccc2Cl)nc2cc(Cl)c(N3CCC(c4ccccc4)CC3)cc21.N#CSc1cc(CNC(=O)C2(C(F)(F)F)CC2)ccc1Cl.[2H][I-]C. The number of hydrogen-bond donors (Lipinski definition) is 4. The number of imidazole rings is 1. The molecule has 2 aliphatic carbocycles. The zero-order chi connectivity index (χ0) is 63.6. The van der Waals surface area contributed by atoms with Gasteiger partial charge in [-0.15, -0.1) is 0 Å². The second-order valence-corrected chi connectivity index (χ2v) is 24.4. The molecule has 11 rings (SSSR count). The molecule has 87 heavy (non-hydrogen) atoms. The van der Waals surface area contributed by atoms with Gasteiger partial charge in [-0.2, -0.15) is 31.6 Å². The van der Waals surface area contributed by atoms with Crippen molar-refractivity contribution >= 4 is 104 Å². The van der Waals surface area contributed by atoms with E-state index in [-0.39, 0.29) is 61.2 Å².